The molecule has 1 N–H and O–H groups in total. The number of amides is 1. The van der Waals surface area contributed by atoms with E-state index in [1.54, 1.807) is 18.2 Å². The predicted molar refractivity (Wildman–Crippen MR) is 92.8 cm³/mol. The van der Waals surface area contributed by atoms with Crippen LogP contribution >= 0.6 is 15.9 Å². The van der Waals surface area contributed by atoms with E-state index in [2.05, 4.69) is 38.3 Å². The van der Waals surface area contributed by atoms with Crippen LogP contribution in [0.3, 0.4) is 0 Å². The Balaban J connectivity index is 1.66. The zero-order valence-electron chi connectivity index (χ0n) is 12.5. The van der Waals surface area contributed by atoms with Crippen LogP contribution in [0.1, 0.15) is 12.2 Å². The summed E-state index contributed by atoms with van der Waals surface area (Å²) >= 11 is 3.22. The van der Waals surface area contributed by atoms with Gasteiger partial charge in [-0.25, -0.2) is 0 Å². The van der Waals surface area contributed by atoms with Crippen LogP contribution in [0.4, 0.5) is 5.69 Å². The van der Waals surface area contributed by atoms with Gasteiger partial charge in [0.2, 0.25) is 5.91 Å². The zero-order valence-corrected chi connectivity index (χ0v) is 14.0. The predicted octanol–water partition coefficient (Wildman–Crippen LogP) is 3.70. The van der Waals surface area contributed by atoms with Crippen molar-refractivity contribution in [2.75, 3.05) is 25.0 Å². The summed E-state index contributed by atoms with van der Waals surface area (Å²) in [7, 11) is 2.05. The third-order valence-electron chi connectivity index (χ3n) is 3.16. The molecule has 0 radical (unpaired) electrons. The summed E-state index contributed by atoms with van der Waals surface area (Å²) in [5, 5.41) is 2.86. The van der Waals surface area contributed by atoms with E-state index in [0.717, 1.165) is 13.0 Å². The van der Waals surface area contributed by atoms with Crippen molar-refractivity contribution in [2.24, 2.45) is 0 Å². The van der Waals surface area contributed by atoms with E-state index >= 15 is 0 Å². The number of furan rings is 1. The molecule has 22 heavy (non-hydrogen) atoms. The Hall–Kier alpha value is -2.01. The van der Waals surface area contributed by atoms with Crippen LogP contribution in [0, 0.1) is 0 Å². The zero-order chi connectivity index (χ0) is 15.8. The van der Waals surface area contributed by atoms with Crippen molar-refractivity contribution in [3.8, 4) is 0 Å². The highest BCUT2D eigenvalue weighted by Crippen LogP contribution is 2.15. The van der Waals surface area contributed by atoms with Gasteiger partial charge >= 0.3 is 0 Å². The van der Waals surface area contributed by atoms with Gasteiger partial charge in [0.25, 0.3) is 0 Å². The second-order valence-corrected chi connectivity index (χ2v) is 5.66. The summed E-state index contributed by atoms with van der Waals surface area (Å²) in [5.41, 5.74) is 1.18. The molecule has 1 aromatic carbocycles. The van der Waals surface area contributed by atoms with Gasteiger partial charge in [-0.15, -0.1) is 0 Å². The molecule has 2 rings (SSSR count). The highest BCUT2D eigenvalue weighted by Gasteiger charge is 2.01. The van der Waals surface area contributed by atoms with Crippen LogP contribution in [-0.2, 0) is 4.79 Å². The number of rotatable bonds is 7. The topological polar surface area (TPSA) is 45.5 Å². The number of benzene rings is 1. The van der Waals surface area contributed by atoms with E-state index in [1.807, 2.05) is 25.2 Å². The Morgan fingerprint density at radius 2 is 2.05 bits per heavy atom. The van der Waals surface area contributed by atoms with Gasteiger partial charge in [-0.3, -0.25) is 4.79 Å². The first-order valence-electron chi connectivity index (χ1n) is 7.12. The quantitative estimate of drug-likeness (QED) is 0.603. The Kier molecular flexibility index (Phi) is 6.27. The van der Waals surface area contributed by atoms with Gasteiger partial charge < -0.3 is 14.6 Å². The van der Waals surface area contributed by atoms with Crippen LogP contribution in [0.15, 0.2) is 57.6 Å². The fourth-order valence-corrected chi connectivity index (χ4v) is 2.29. The lowest BCUT2D eigenvalue weighted by atomic mass is 10.3. The van der Waals surface area contributed by atoms with Gasteiger partial charge in [0.05, 0.1) is 0 Å². The van der Waals surface area contributed by atoms with Crippen molar-refractivity contribution in [1.82, 2.24) is 5.32 Å². The van der Waals surface area contributed by atoms with E-state index in [0.29, 0.717) is 17.0 Å². The minimum absolute atomic E-state index is 0.116. The van der Waals surface area contributed by atoms with Crippen molar-refractivity contribution in [1.29, 1.82) is 0 Å². The molecule has 1 aromatic heterocycles. The number of nitrogens with one attached hydrogen (secondary N) is 1. The monoisotopic (exact) mass is 362 g/mol. The standard InChI is InChI=1S/C17H19BrN2O2/c1-20(14-6-3-2-4-7-14)13-5-12-19-17(21)11-9-15-8-10-16(18)22-15/h2-4,6-11H,5,12-13H2,1H3,(H,19,21). The van der Waals surface area contributed by atoms with Crippen LogP contribution < -0.4 is 10.2 Å². The fraction of sp³-hybridized carbons (Fsp3) is 0.235. The maximum absolute atomic E-state index is 11.7. The van der Waals surface area contributed by atoms with Crippen molar-refractivity contribution < 1.29 is 9.21 Å². The largest absolute Gasteiger partial charge is 0.450 e. The Morgan fingerprint density at radius 1 is 1.27 bits per heavy atom. The van der Waals surface area contributed by atoms with E-state index in [9.17, 15) is 4.79 Å². The maximum Gasteiger partial charge on any atom is 0.244 e. The van der Waals surface area contributed by atoms with Gasteiger partial charge in [-0.05, 0) is 52.7 Å². The summed E-state index contributed by atoms with van der Waals surface area (Å²) in [6, 6.07) is 13.8. The molecular weight excluding hydrogens is 344 g/mol. The Labute approximate surface area is 138 Å². The molecule has 0 aliphatic rings. The molecule has 0 aliphatic carbocycles. The molecule has 5 heteroatoms. The van der Waals surface area contributed by atoms with Crippen LogP contribution in [0.25, 0.3) is 6.08 Å². The molecule has 0 bridgehead atoms. The Morgan fingerprint density at radius 3 is 2.73 bits per heavy atom. The summed E-state index contributed by atoms with van der Waals surface area (Å²) in [5.74, 6) is 0.528. The fourth-order valence-electron chi connectivity index (χ4n) is 1.97. The van der Waals surface area contributed by atoms with Crippen molar-refractivity contribution in [3.05, 3.63) is 59.0 Å². The molecule has 116 valence electrons. The maximum atomic E-state index is 11.7. The molecule has 0 atom stereocenters. The number of anilines is 1. The molecule has 4 nitrogen and oxygen atoms in total. The highest BCUT2D eigenvalue weighted by molar-refractivity contribution is 9.10. The molecule has 0 unspecified atom stereocenters. The van der Waals surface area contributed by atoms with Gasteiger partial charge in [0.15, 0.2) is 4.67 Å². The Bertz CT molecular complexity index is 623. The lowest BCUT2D eigenvalue weighted by Gasteiger charge is -2.18. The molecular formula is C17H19BrN2O2. The van der Waals surface area contributed by atoms with E-state index < -0.39 is 0 Å². The third-order valence-corrected chi connectivity index (χ3v) is 3.59. The lowest BCUT2D eigenvalue weighted by Crippen LogP contribution is -2.26. The molecule has 1 heterocycles. The van der Waals surface area contributed by atoms with Gasteiger partial charge in [-0.2, -0.15) is 0 Å². The highest BCUT2D eigenvalue weighted by atomic mass is 79.9. The summed E-state index contributed by atoms with van der Waals surface area (Å²) in [4.78, 5) is 13.8. The minimum Gasteiger partial charge on any atom is -0.450 e. The van der Waals surface area contributed by atoms with Gasteiger partial charge in [0, 0.05) is 31.9 Å². The number of hydrogen-bond donors (Lipinski definition) is 1. The summed E-state index contributed by atoms with van der Waals surface area (Å²) in [6.45, 7) is 1.53. The van der Waals surface area contributed by atoms with Crippen LogP contribution in [0.5, 0.6) is 0 Å². The van der Waals surface area contributed by atoms with E-state index in [-0.39, 0.29) is 5.91 Å². The third kappa shape index (κ3) is 5.41. The number of nitrogens with zero attached hydrogens (tertiary/aromatic N) is 1. The molecule has 0 spiro atoms. The summed E-state index contributed by atoms with van der Waals surface area (Å²) in [6.07, 6.45) is 4.01. The number of halogens is 1. The lowest BCUT2D eigenvalue weighted by molar-refractivity contribution is -0.116. The average molecular weight is 363 g/mol. The molecule has 0 fully saturated rings. The number of hydrogen-bond acceptors (Lipinski definition) is 3. The van der Waals surface area contributed by atoms with Crippen molar-refractivity contribution >= 4 is 33.6 Å². The smallest absolute Gasteiger partial charge is 0.244 e. The first kappa shape index (κ1) is 16.4. The first-order chi connectivity index (χ1) is 10.6. The molecule has 0 aliphatic heterocycles. The molecule has 0 saturated heterocycles. The molecule has 1 amide bonds. The SMILES string of the molecule is CN(CCCNC(=O)C=Cc1ccc(Br)o1)c1ccccc1. The van der Waals surface area contributed by atoms with Crippen molar-refractivity contribution in [2.45, 2.75) is 6.42 Å². The van der Waals surface area contributed by atoms with E-state index in [1.165, 1.54) is 11.8 Å². The second-order valence-electron chi connectivity index (χ2n) is 4.88. The molecule has 0 saturated carbocycles. The van der Waals surface area contributed by atoms with E-state index in [4.69, 9.17) is 4.42 Å². The van der Waals surface area contributed by atoms with Gasteiger partial charge in [-0.1, -0.05) is 18.2 Å². The molecule has 2 aromatic rings. The van der Waals surface area contributed by atoms with Crippen LogP contribution in [0.2, 0.25) is 0 Å². The van der Waals surface area contributed by atoms with Crippen LogP contribution in [-0.4, -0.2) is 26.0 Å². The number of carbonyl (C=O) groups excluding carboxylic acids is 1. The van der Waals surface area contributed by atoms with Gasteiger partial charge in [0.1, 0.15) is 5.76 Å². The normalized spacial score (nSPS) is 10.8. The van der Waals surface area contributed by atoms with Crippen molar-refractivity contribution in [3.63, 3.8) is 0 Å². The second kappa shape index (κ2) is 8.44. The number of para-hydroxylation sites is 1. The minimum atomic E-state index is -0.116. The average Bonchev–Trinajstić information content (AvgIpc) is 2.96. The first-order valence-corrected chi connectivity index (χ1v) is 7.92. The number of carbonyl (C=O) groups is 1. The summed E-state index contributed by atoms with van der Waals surface area (Å²) < 4.78 is 5.93.